The highest BCUT2D eigenvalue weighted by Gasteiger charge is 2.11. The van der Waals surface area contributed by atoms with Gasteiger partial charge >= 0.3 is 0 Å². The third-order valence-electron chi connectivity index (χ3n) is 4.55. The molecule has 0 spiro atoms. The number of nitrogens with zero attached hydrogens (tertiary/aromatic N) is 3. The zero-order valence-corrected chi connectivity index (χ0v) is 15.3. The van der Waals surface area contributed by atoms with E-state index < -0.39 is 0 Å². The molecule has 7 nitrogen and oxygen atoms in total. The summed E-state index contributed by atoms with van der Waals surface area (Å²) in [4.78, 5) is 7.07. The Balaban J connectivity index is 0.000000249. The van der Waals surface area contributed by atoms with Crippen LogP contribution in [0.25, 0.3) is 0 Å². The lowest BCUT2D eigenvalue weighted by Gasteiger charge is -2.27. The van der Waals surface area contributed by atoms with Crippen LogP contribution < -0.4 is 0 Å². The van der Waals surface area contributed by atoms with E-state index in [-0.39, 0.29) is 0 Å². The average molecular weight is 345 g/mol. The van der Waals surface area contributed by atoms with Gasteiger partial charge in [0.15, 0.2) is 0 Å². The number of rotatable bonds is 6. The smallest absolute Gasteiger partial charge is 0.0594 e. The van der Waals surface area contributed by atoms with Crippen LogP contribution in [0.3, 0.4) is 0 Å². The minimum absolute atomic E-state index is 0.838. The van der Waals surface area contributed by atoms with Gasteiger partial charge in [-0.25, -0.2) is 0 Å². The molecule has 3 fully saturated rings. The summed E-state index contributed by atoms with van der Waals surface area (Å²) in [5.74, 6) is 0. The van der Waals surface area contributed by atoms with Crippen molar-refractivity contribution >= 4 is 0 Å². The van der Waals surface area contributed by atoms with Crippen molar-refractivity contribution in [1.82, 2.24) is 14.7 Å². The largest absolute Gasteiger partial charge is 0.379 e. The first-order valence-electron chi connectivity index (χ1n) is 9.29. The van der Waals surface area contributed by atoms with E-state index in [1.54, 1.807) is 0 Å². The maximum atomic E-state index is 5.67. The van der Waals surface area contributed by atoms with Gasteiger partial charge in [-0.3, -0.25) is 9.80 Å². The molecular weight excluding hydrogens is 310 g/mol. The van der Waals surface area contributed by atoms with Crippen LogP contribution in [0.15, 0.2) is 0 Å². The van der Waals surface area contributed by atoms with Crippen molar-refractivity contribution in [2.75, 3.05) is 112 Å². The summed E-state index contributed by atoms with van der Waals surface area (Å²) in [7, 11) is 2.11. The molecule has 0 N–H and O–H groups in total. The molecule has 0 aromatic carbocycles. The van der Waals surface area contributed by atoms with Gasteiger partial charge in [-0.2, -0.15) is 0 Å². The summed E-state index contributed by atoms with van der Waals surface area (Å²) >= 11 is 0. The molecule has 0 aromatic rings. The van der Waals surface area contributed by atoms with Crippen LogP contribution in [0.1, 0.15) is 0 Å². The standard InChI is InChI=1S/C12H24N2O3.C5H11NO/c1-7-15-8-2-13(1)5-11-17-12-6-14-3-9-16-10-4-14;1-6-2-4-7-5-3-6/h1-12H2;2-5H2,1H3. The molecule has 3 heterocycles. The molecule has 0 aromatic heterocycles. The van der Waals surface area contributed by atoms with E-state index >= 15 is 0 Å². The maximum Gasteiger partial charge on any atom is 0.0594 e. The van der Waals surface area contributed by atoms with Crippen LogP contribution in [-0.2, 0) is 18.9 Å². The number of likely N-dealkylation sites (N-methyl/N-ethyl adjacent to an activating group) is 1. The lowest BCUT2D eigenvalue weighted by Crippen LogP contribution is -2.40. The Hall–Kier alpha value is -0.280. The molecule has 0 bridgehead atoms. The minimum Gasteiger partial charge on any atom is -0.379 e. The summed E-state index contributed by atoms with van der Waals surface area (Å²) < 4.78 is 21.4. The summed E-state index contributed by atoms with van der Waals surface area (Å²) in [5.41, 5.74) is 0. The highest BCUT2D eigenvalue weighted by Crippen LogP contribution is 1.98. The van der Waals surface area contributed by atoms with Gasteiger partial charge in [0, 0.05) is 52.4 Å². The third kappa shape index (κ3) is 9.27. The number of hydrogen-bond acceptors (Lipinski definition) is 7. The van der Waals surface area contributed by atoms with Crippen LogP contribution in [0, 0.1) is 0 Å². The van der Waals surface area contributed by atoms with Crippen LogP contribution in [0.4, 0.5) is 0 Å². The molecule has 7 heteroatoms. The monoisotopic (exact) mass is 345 g/mol. The lowest BCUT2D eigenvalue weighted by molar-refractivity contribution is 0.00538. The van der Waals surface area contributed by atoms with E-state index in [4.69, 9.17) is 18.9 Å². The Labute approximate surface area is 146 Å². The molecule has 0 aliphatic carbocycles. The fourth-order valence-corrected chi connectivity index (χ4v) is 2.79. The van der Waals surface area contributed by atoms with Gasteiger partial charge in [0.05, 0.1) is 52.9 Å². The second-order valence-electron chi connectivity index (χ2n) is 6.44. The molecule has 3 aliphatic heterocycles. The van der Waals surface area contributed by atoms with E-state index in [9.17, 15) is 0 Å². The summed E-state index contributed by atoms with van der Waals surface area (Å²) in [6.45, 7) is 15.4. The van der Waals surface area contributed by atoms with Gasteiger partial charge in [-0.1, -0.05) is 0 Å². The highest BCUT2D eigenvalue weighted by molar-refractivity contribution is 4.62. The average Bonchev–Trinajstić information content (AvgIpc) is 2.64. The van der Waals surface area contributed by atoms with Crippen LogP contribution in [-0.4, -0.2) is 127 Å². The predicted octanol–water partition coefficient (Wildman–Crippen LogP) is -0.384. The van der Waals surface area contributed by atoms with E-state index in [0.29, 0.717) is 0 Å². The molecule has 24 heavy (non-hydrogen) atoms. The Morgan fingerprint density at radius 3 is 1.33 bits per heavy atom. The van der Waals surface area contributed by atoms with E-state index in [2.05, 4.69) is 21.7 Å². The molecule has 0 atom stereocenters. The van der Waals surface area contributed by atoms with Crippen molar-refractivity contribution in [3.05, 3.63) is 0 Å². The topological polar surface area (TPSA) is 46.6 Å². The maximum absolute atomic E-state index is 5.67. The Bertz CT molecular complexity index is 272. The second-order valence-corrected chi connectivity index (χ2v) is 6.44. The van der Waals surface area contributed by atoms with Crippen LogP contribution in [0.5, 0.6) is 0 Å². The number of hydrogen-bond donors (Lipinski definition) is 0. The van der Waals surface area contributed by atoms with E-state index in [0.717, 1.165) is 105 Å². The van der Waals surface area contributed by atoms with Gasteiger partial charge in [0.1, 0.15) is 0 Å². The van der Waals surface area contributed by atoms with Gasteiger partial charge in [-0.15, -0.1) is 0 Å². The minimum atomic E-state index is 0.838. The van der Waals surface area contributed by atoms with Gasteiger partial charge < -0.3 is 23.8 Å². The Morgan fingerprint density at radius 2 is 1.00 bits per heavy atom. The molecule has 3 aliphatic rings. The second kappa shape index (κ2) is 13.0. The molecule has 0 radical (unpaired) electrons. The normalized spacial score (nSPS) is 24.4. The SMILES string of the molecule is C1CN(CCOCCN2CCOCC2)CCO1.CN1CCOCC1. The molecule has 142 valence electrons. The van der Waals surface area contributed by atoms with Crippen molar-refractivity contribution in [3.63, 3.8) is 0 Å². The Kier molecular flexibility index (Phi) is 10.8. The predicted molar refractivity (Wildman–Crippen MR) is 93.7 cm³/mol. The summed E-state index contributed by atoms with van der Waals surface area (Å²) in [6, 6.07) is 0. The lowest BCUT2D eigenvalue weighted by atomic mass is 10.4. The van der Waals surface area contributed by atoms with Crippen molar-refractivity contribution < 1.29 is 18.9 Å². The quantitative estimate of drug-likeness (QED) is 0.608. The van der Waals surface area contributed by atoms with Crippen LogP contribution >= 0.6 is 0 Å². The third-order valence-corrected chi connectivity index (χ3v) is 4.55. The first-order chi connectivity index (χ1) is 11.8. The molecule has 0 unspecified atom stereocenters. The highest BCUT2D eigenvalue weighted by atomic mass is 16.5. The summed E-state index contributed by atoms with van der Waals surface area (Å²) in [6.07, 6.45) is 0. The van der Waals surface area contributed by atoms with Crippen molar-refractivity contribution in [2.45, 2.75) is 0 Å². The Morgan fingerprint density at radius 1 is 0.625 bits per heavy atom. The van der Waals surface area contributed by atoms with Crippen molar-refractivity contribution in [2.24, 2.45) is 0 Å². The van der Waals surface area contributed by atoms with Crippen molar-refractivity contribution in [3.8, 4) is 0 Å². The number of ether oxygens (including phenoxy) is 4. The van der Waals surface area contributed by atoms with Crippen LogP contribution in [0.2, 0.25) is 0 Å². The molecular formula is C17H35N3O4. The van der Waals surface area contributed by atoms with Gasteiger partial charge in [0.25, 0.3) is 0 Å². The van der Waals surface area contributed by atoms with Crippen molar-refractivity contribution in [1.29, 1.82) is 0 Å². The summed E-state index contributed by atoms with van der Waals surface area (Å²) in [5, 5.41) is 0. The van der Waals surface area contributed by atoms with E-state index in [1.807, 2.05) is 0 Å². The molecule has 3 saturated heterocycles. The zero-order chi connectivity index (χ0) is 16.9. The fraction of sp³-hybridized carbons (Fsp3) is 1.00. The molecule has 0 saturated carbocycles. The van der Waals surface area contributed by atoms with Gasteiger partial charge in [0.2, 0.25) is 0 Å². The van der Waals surface area contributed by atoms with Gasteiger partial charge in [-0.05, 0) is 7.05 Å². The first kappa shape index (κ1) is 20.0. The van der Waals surface area contributed by atoms with E-state index in [1.165, 1.54) is 0 Å². The molecule has 3 rings (SSSR count). The number of morpholine rings is 3. The fourth-order valence-electron chi connectivity index (χ4n) is 2.79. The first-order valence-corrected chi connectivity index (χ1v) is 9.29. The zero-order valence-electron chi connectivity index (χ0n) is 15.3. The molecule has 0 amide bonds.